The number of carbonyl (C=O) groups excluding carboxylic acids is 1. The Morgan fingerprint density at radius 3 is 2.35 bits per heavy atom. The number of nitrogens with one attached hydrogen (secondary N) is 2. The average molecular weight is 244 g/mol. The van der Waals surface area contributed by atoms with Crippen LogP contribution in [0, 0.1) is 5.92 Å². The molecule has 0 radical (unpaired) electrons. The highest BCUT2D eigenvalue weighted by Crippen LogP contribution is 2.31. The number of carbonyl (C=O) groups is 3. The SMILES string of the molecule is O=C(O)C[C@@H](NC(=O)NCCC1CC1)C(=O)O. The van der Waals surface area contributed by atoms with Crippen LogP contribution in [0.15, 0.2) is 0 Å². The van der Waals surface area contributed by atoms with Crippen molar-refractivity contribution in [2.24, 2.45) is 5.92 Å². The molecule has 4 N–H and O–H groups in total. The smallest absolute Gasteiger partial charge is 0.326 e. The zero-order chi connectivity index (χ0) is 12.8. The number of amides is 2. The third kappa shape index (κ3) is 5.74. The first kappa shape index (κ1) is 13.3. The molecule has 0 aromatic carbocycles. The van der Waals surface area contributed by atoms with Crippen LogP contribution in [-0.2, 0) is 9.59 Å². The topological polar surface area (TPSA) is 116 Å². The molecule has 0 heterocycles. The van der Waals surface area contributed by atoms with Crippen LogP contribution in [0.1, 0.15) is 25.7 Å². The van der Waals surface area contributed by atoms with E-state index in [1.807, 2.05) is 0 Å². The third-order valence-electron chi connectivity index (χ3n) is 2.52. The monoisotopic (exact) mass is 244 g/mol. The predicted octanol–water partition coefficient (Wildman–Crippen LogP) is 0.0136. The molecular formula is C10H16N2O5. The highest BCUT2D eigenvalue weighted by Gasteiger charge is 2.24. The fraction of sp³-hybridized carbons (Fsp3) is 0.700. The van der Waals surface area contributed by atoms with Crippen LogP contribution in [-0.4, -0.2) is 40.8 Å². The molecule has 1 aliphatic carbocycles. The lowest BCUT2D eigenvalue weighted by atomic mass is 10.2. The minimum Gasteiger partial charge on any atom is -0.481 e. The van der Waals surface area contributed by atoms with Gasteiger partial charge in [-0.3, -0.25) is 4.79 Å². The first-order valence-corrected chi connectivity index (χ1v) is 5.48. The van der Waals surface area contributed by atoms with E-state index in [0.717, 1.165) is 6.42 Å². The van der Waals surface area contributed by atoms with Crippen molar-refractivity contribution >= 4 is 18.0 Å². The summed E-state index contributed by atoms with van der Waals surface area (Å²) in [5.74, 6) is -1.95. The van der Waals surface area contributed by atoms with Crippen LogP contribution in [0.5, 0.6) is 0 Å². The van der Waals surface area contributed by atoms with Gasteiger partial charge in [-0.25, -0.2) is 9.59 Å². The van der Waals surface area contributed by atoms with E-state index in [-0.39, 0.29) is 0 Å². The largest absolute Gasteiger partial charge is 0.481 e. The normalized spacial score (nSPS) is 16.0. The molecule has 7 heteroatoms. The lowest BCUT2D eigenvalue weighted by molar-refractivity contribution is -0.145. The highest BCUT2D eigenvalue weighted by atomic mass is 16.4. The van der Waals surface area contributed by atoms with Gasteiger partial charge in [0.15, 0.2) is 0 Å². The molecule has 0 aromatic heterocycles. The van der Waals surface area contributed by atoms with Gasteiger partial charge < -0.3 is 20.8 Å². The van der Waals surface area contributed by atoms with E-state index < -0.39 is 30.4 Å². The zero-order valence-corrected chi connectivity index (χ0v) is 9.31. The lowest BCUT2D eigenvalue weighted by Crippen LogP contribution is -2.47. The van der Waals surface area contributed by atoms with E-state index in [9.17, 15) is 14.4 Å². The molecule has 0 bridgehead atoms. The first-order valence-electron chi connectivity index (χ1n) is 5.48. The summed E-state index contributed by atoms with van der Waals surface area (Å²) in [6.45, 7) is 0.482. The van der Waals surface area contributed by atoms with E-state index in [1.165, 1.54) is 12.8 Å². The Bertz CT molecular complexity index is 314. The minimum absolute atomic E-state index is 0.482. The van der Waals surface area contributed by atoms with Crippen molar-refractivity contribution in [3.8, 4) is 0 Å². The molecule has 1 aliphatic rings. The summed E-state index contributed by atoms with van der Waals surface area (Å²) in [5.41, 5.74) is 0. The molecule has 1 atom stereocenters. The summed E-state index contributed by atoms with van der Waals surface area (Å²) < 4.78 is 0. The molecule has 0 saturated heterocycles. The number of hydrogen-bond donors (Lipinski definition) is 4. The van der Waals surface area contributed by atoms with Crippen molar-refractivity contribution in [2.45, 2.75) is 31.7 Å². The van der Waals surface area contributed by atoms with E-state index in [4.69, 9.17) is 10.2 Å². The van der Waals surface area contributed by atoms with E-state index >= 15 is 0 Å². The summed E-state index contributed by atoms with van der Waals surface area (Å²) in [6, 6.07) is -2.03. The Kier molecular flexibility index (Phi) is 4.74. The summed E-state index contributed by atoms with van der Waals surface area (Å²) >= 11 is 0. The fourth-order valence-electron chi connectivity index (χ4n) is 1.38. The molecule has 17 heavy (non-hydrogen) atoms. The number of urea groups is 1. The molecule has 1 saturated carbocycles. The van der Waals surface area contributed by atoms with Crippen LogP contribution in [0.25, 0.3) is 0 Å². The number of aliphatic carboxylic acids is 2. The van der Waals surface area contributed by atoms with E-state index in [0.29, 0.717) is 12.5 Å². The van der Waals surface area contributed by atoms with Gasteiger partial charge in [0.2, 0.25) is 0 Å². The van der Waals surface area contributed by atoms with Crippen molar-refractivity contribution in [1.82, 2.24) is 10.6 Å². The summed E-state index contributed by atoms with van der Waals surface area (Å²) in [4.78, 5) is 32.3. The van der Waals surface area contributed by atoms with Crippen molar-refractivity contribution in [2.75, 3.05) is 6.54 Å². The van der Waals surface area contributed by atoms with Crippen molar-refractivity contribution < 1.29 is 24.6 Å². The van der Waals surface area contributed by atoms with Crippen LogP contribution in [0.4, 0.5) is 4.79 Å². The molecule has 7 nitrogen and oxygen atoms in total. The fourth-order valence-corrected chi connectivity index (χ4v) is 1.38. The lowest BCUT2D eigenvalue weighted by Gasteiger charge is -2.13. The molecule has 1 rings (SSSR count). The second-order valence-corrected chi connectivity index (χ2v) is 4.12. The molecule has 0 unspecified atom stereocenters. The van der Waals surface area contributed by atoms with Gasteiger partial charge in [0.05, 0.1) is 6.42 Å². The van der Waals surface area contributed by atoms with Gasteiger partial charge >= 0.3 is 18.0 Å². The number of carboxylic acids is 2. The maximum atomic E-state index is 11.3. The maximum Gasteiger partial charge on any atom is 0.326 e. The number of hydrogen-bond acceptors (Lipinski definition) is 3. The zero-order valence-electron chi connectivity index (χ0n) is 9.31. The number of carboxylic acid groups (broad SMARTS) is 2. The Morgan fingerprint density at radius 1 is 1.24 bits per heavy atom. The third-order valence-corrected chi connectivity index (χ3v) is 2.52. The minimum atomic E-state index is -1.39. The van der Waals surface area contributed by atoms with Gasteiger partial charge in [-0.2, -0.15) is 0 Å². The molecule has 0 aromatic rings. The Balaban J connectivity index is 2.24. The quantitative estimate of drug-likeness (QED) is 0.503. The molecular weight excluding hydrogens is 228 g/mol. The molecule has 0 spiro atoms. The van der Waals surface area contributed by atoms with Gasteiger partial charge in [0.1, 0.15) is 6.04 Å². The average Bonchev–Trinajstić information content (AvgIpc) is 2.99. The Labute approximate surface area is 98.2 Å². The summed E-state index contributed by atoms with van der Waals surface area (Å²) in [7, 11) is 0. The van der Waals surface area contributed by atoms with Crippen LogP contribution >= 0.6 is 0 Å². The Morgan fingerprint density at radius 2 is 1.88 bits per heavy atom. The second-order valence-electron chi connectivity index (χ2n) is 4.12. The van der Waals surface area contributed by atoms with E-state index in [2.05, 4.69) is 10.6 Å². The molecule has 2 amide bonds. The predicted molar refractivity (Wildman–Crippen MR) is 57.6 cm³/mol. The van der Waals surface area contributed by atoms with Gasteiger partial charge in [0, 0.05) is 6.54 Å². The first-order chi connectivity index (χ1) is 7.99. The second kappa shape index (κ2) is 6.07. The van der Waals surface area contributed by atoms with Gasteiger partial charge in [-0.05, 0) is 12.3 Å². The standard InChI is InChI=1S/C10H16N2O5/c13-8(14)5-7(9(15)16)12-10(17)11-4-3-6-1-2-6/h6-7H,1-5H2,(H,13,14)(H,15,16)(H2,11,12,17)/t7-/m1/s1. The molecule has 0 aliphatic heterocycles. The Hall–Kier alpha value is -1.79. The van der Waals surface area contributed by atoms with Crippen molar-refractivity contribution in [1.29, 1.82) is 0 Å². The summed E-state index contributed by atoms with van der Waals surface area (Å²) in [5, 5.41) is 21.8. The molecule has 96 valence electrons. The highest BCUT2D eigenvalue weighted by molar-refractivity contribution is 5.86. The van der Waals surface area contributed by atoms with Gasteiger partial charge in [-0.1, -0.05) is 12.8 Å². The summed E-state index contributed by atoms with van der Waals surface area (Å²) in [6.07, 6.45) is 2.61. The van der Waals surface area contributed by atoms with E-state index in [1.54, 1.807) is 0 Å². The van der Waals surface area contributed by atoms with Crippen LogP contribution in [0.3, 0.4) is 0 Å². The van der Waals surface area contributed by atoms with Crippen LogP contribution in [0.2, 0.25) is 0 Å². The van der Waals surface area contributed by atoms with Crippen LogP contribution < -0.4 is 10.6 Å². The molecule has 1 fully saturated rings. The van der Waals surface area contributed by atoms with Gasteiger partial charge in [-0.15, -0.1) is 0 Å². The maximum absolute atomic E-state index is 11.3. The number of rotatable bonds is 7. The van der Waals surface area contributed by atoms with Crippen molar-refractivity contribution in [3.63, 3.8) is 0 Å². The van der Waals surface area contributed by atoms with Crippen molar-refractivity contribution in [3.05, 3.63) is 0 Å². The van der Waals surface area contributed by atoms with Gasteiger partial charge in [0.25, 0.3) is 0 Å².